The number of Topliss-reactive ketones (excluding diaryl/α,β-unsaturated/α-hetero) is 2. The number of hydrogen-bond acceptors (Lipinski definition) is 7. The summed E-state index contributed by atoms with van der Waals surface area (Å²) in [4.78, 5) is 26.3. The van der Waals surface area contributed by atoms with Crippen molar-refractivity contribution in [2.75, 3.05) is 34.5 Å². The Morgan fingerprint density at radius 3 is 1.88 bits per heavy atom. The van der Waals surface area contributed by atoms with Gasteiger partial charge < -0.3 is 23.7 Å². The molecule has 4 rings (SSSR count). The Hall–Kier alpha value is -4.00. The second-order valence-corrected chi connectivity index (χ2v) is 7.76. The van der Waals surface area contributed by atoms with Gasteiger partial charge in [0, 0.05) is 17.2 Å². The molecule has 1 aliphatic heterocycles. The number of rotatable bonds is 9. The van der Waals surface area contributed by atoms with Crippen LogP contribution in [0, 0.1) is 0 Å². The summed E-state index contributed by atoms with van der Waals surface area (Å²) in [6.45, 7) is 0.813. The third-order valence-electron chi connectivity index (χ3n) is 5.67. The van der Waals surface area contributed by atoms with Crippen molar-refractivity contribution in [3.05, 3.63) is 76.9 Å². The molecule has 0 spiro atoms. The van der Waals surface area contributed by atoms with Gasteiger partial charge in [-0.15, -0.1) is 0 Å². The molecule has 0 N–H and O–H groups in total. The van der Waals surface area contributed by atoms with Crippen LogP contribution in [0.4, 0.5) is 0 Å². The number of fused-ring (bicyclic) bond motifs is 1. The van der Waals surface area contributed by atoms with Gasteiger partial charge in [-0.05, 0) is 72.5 Å². The number of hydrogen-bond donors (Lipinski definition) is 0. The average Bonchev–Trinajstić information content (AvgIpc) is 2.90. The first-order chi connectivity index (χ1) is 16.5. The van der Waals surface area contributed by atoms with Crippen LogP contribution in [0.3, 0.4) is 0 Å². The lowest BCUT2D eigenvalue weighted by Crippen LogP contribution is -2.20. The van der Waals surface area contributed by atoms with Crippen LogP contribution in [-0.2, 0) is 12.8 Å². The van der Waals surface area contributed by atoms with E-state index in [0.717, 1.165) is 5.56 Å². The first-order valence-electron chi connectivity index (χ1n) is 10.9. The molecule has 0 aromatic heterocycles. The van der Waals surface area contributed by atoms with E-state index in [9.17, 15) is 9.59 Å². The third kappa shape index (κ3) is 4.98. The minimum absolute atomic E-state index is 0.296. The number of carbonyl (C=O) groups excluding carboxylic acids is 2. The van der Waals surface area contributed by atoms with E-state index in [1.165, 1.54) is 0 Å². The Kier molecular flexibility index (Phi) is 7.01. The van der Waals surface area contributed by atoms with Crippen LogP contribution >= 0.6 is 0 Å². The molecule has 0 unspecified atom stereocenters. The van der Waals surface area contributed by atoms with Gasteiger partial charge in [0.25, 0.3) is 0 Å². The van der Waals surface area contributed by atoms with Crippen LogP contribution in [0.5, 0.6) is 28.7 Å². The second-order valence-electron chi connectivity index (χ2n) is 7.76. The maximum Gasteiger partial charge on any atom is 0.233 e. The van der Waals surface area contributed by atoms with Gasteiger partial charge in [0.15, 0.2) is 11.5 Å². The van der Waals surface area contributed by atoms with Crippen LogP contribution in [0.15, 0.2) is 54.6 Å². The maximum atomic E-state index is 13.3. The lowest BCUT2D eigenvalue weighted by atomic mass is 9.93. The molecule has 34 heavy (non-hydrogen) atoms. The van der Waals surface area contributed by atoms with E-state index in [4.69, 9.17) is 23.7 Å². The zero-order valence-electron chi connectivity index (χ0n) is 19.4. The zero-order valence-corrected chi connectivity index (χ0v) is 19.4. The molecule has 3 aromatic carbocycles. The predicted octanol–water partition coefficient (Wildman–Crippen LogP) is 4.33. The number of carbonyl (C=O) groups is 2. The van der Waals surface area contributed by atoms with E-state index >= 15 is 0 Å². The summed E-state index contributed by atoms with van der Waals surface area (Å²) < 4.78 is 27.2. The van der Waals surface area contributed by atoms with Crippen molar-refractivity contribution in [3.63, 3.8) is 0 Å². The Bertz CT molecular complexity index is 1180. The van der Waals surface area contributed by atoms with Crippen molar-refractivity contribution in [2.24, 2.45) is 0 Å². The van der Waals surface area contributed by atoms with Crippen LogP contribution in [0.2, 0.25) is 0 Å². The Labute approximate surface area is 198 Å². The topological polar surface area (TPSA) is 80.3 Å². The molecule has 0 amide bonds. The molecule has 0 fully saturated rings. The van der Waals surface area contributed by atoms with Gasteiger partial charge in [0.2, 0.25) is 11.6 Å². The number of aryl methyl sites for hydroxylation is 2. The van der Waals surface area contributed by atoms with Crippen molar-refractivity contribution in [1.29, 1.82) is 0 Å². The normalized spacial score (nSPS) is 12.1. The molecular formula is C27H26O7. The number of methoxy groups -OCH3 is 3. The van der Waals surface area contributed by atoms with Gasteiger partial charge >= 0.3 is 0 Å². The second kappa shape index (κ2) is 10.3. The molecular weight excluding hydrogens is 436 g/mol. The van der Waals surface area contributed by atoms with E-state index in [-0.39, 0.29) is 0 Å². The fourth-order valence-electron chi connectivity index (χ4n) is 3.83. The summed E-state index contributed by atoms with van der Waals surface area (Å²) in [6.07, 6.45) is 1.11. The lowest BCUT2D eigenvalue weighted by Gasteiger charge is -2.21. The molecule has 0 bridgehead atoms. The van der Waals surface area contributed by atoms with Crippen molar-refractivity contribution in [3.8, 4) is 28.7 Å². The molecule has 0 saturated heterocycles. The van der Waals surface area contributed by atoms with Crippen LogP contribution in [0.1, 0.15) is 31.8 Å². The third-order valence-corrected chi connectivity index (χ3v) is 5.67. The molecule has 1 aliphatic rings. The SMILES string of the molecule is COc1ccc(C(=O)C(=O)c2cc3c(cc2CCc2cc(OC)cc(OC)c2)OCCO3)cc1. The molecule has 0 atom stereocenters. The summed E-state index contributed by atoms with van der Waals surface area (Å²) in [5.74, 6) is 1.81. The smallest absolute Gasteiger partial charge is 0.233 e. The van der Waals surface area contributed by atoms with Crippen molar-refractivity contribution in [1.82, 2.24) is 0 Å². The van der Waals surface area contributed by atoms with Crippen LogP contribution < -0.4 is 23.7 Å². The van der Waals surface area contributed by atoms with Gasteiger partial charge in [0.05, 0.1) is 21.3 Å². The molecule has 0 aliphatic carbocycles. The summed E-state index contributed by atoms with van der Waals surface area (Å²) in [5, 5.41) is 0. The van der Waals surface area contributed by atoms with E-state index in [1.807, 2.05) is 12.1 Å². The van der Waals surface area contributed by atoms with Crippen molar-refractivity contribution >= 4 is 11.6 Å². The Balaban J connectivity index is 1.65. The largest absolute Gasteiger partial charge is 0.497 e. The van der Waals surface area contributed by atoms with Gasteiger partial charge in [0.1, 0.15) is 30.5 Å². The van der Waals surface area contributed by atoms with E-state index < -0.39 is 11.6 Å². The number of benzene rings is 3. The van der Waals surface area contributed by atoms with E-state index in [1.54, 1.807) is 63.8 Å². The Morgan fingerprint density at radius 2 is 1.29 bits per heavy atom. The standard InChI is InChI=1S/C27H26O7/c1-30-20-8-6-18(7-9-20)26(28)27(29)23-16-25-24(33-10-11-34-25)14-19(23)5-4-17-12-21(31-2)15-22(13-17)32-3/h6-9,12-16H,4-5,10-11H2,1-3H3. The highest BCUT2D eigenvalue weighted by Crippen LogP contribution is 2.35. The van der Waals surface area contributed by atoms with Crippen LogP contribution in [0.25, 0.3) is 0 Å². The lowest BCUT2D eigenvalue weighted by molar-refractivity contribution is 0.0815. The highest BCUT2D eigenvalue weighted by molar-refractivity contribution is 6.49. The van der Waals surface area contributed by atoms with Gasteiger partial charge in [-0.3, -0.25) is 9.59 Å². The summed E-state index contributed by atoms with van der Waals surface area (Å²) in [6, 6.07) is 15.5. The van der Waals surface area contributed by atoms with Gasteiger partial charge in [-0.25, -0.2) is 0 Å². The molecule has 7 heteroatoms. The highest BCUT2D eigenvalue weighted by atomic mass is 16.6. The fraction of sp³-hybridized carbons (Fsp3) is 0.259. The summed E-state index contributed by atoms with van der Waals surface area (Å²) >= 11 is 0. The predicted molar refractivity (Wildman–Crippen MR) is 126 cm³/mol. The monoisotopic (exact) mass is 462 g/mol. The first-order valence-corrected chi connectivity index (χ1v) is 10.9. The maximum absolute atomic E-state index is 13.3. The number of ketones is 2. The Morgan fingerprint density at radius 1 is 0.706 bits per heavy atom. The minimum atomic E-state index is -0.597. The quantitative estimate of drug-likeness (QED) is 0.346. The zero-order chi connectivity index (χ0) is 24.1. The summed E-state index contributed by atoms with van der Waals surface area (Å²) in [5.41, 5.74) is 2.29. The highest BCUT2D eigenvalue weighted by Gasteiger charge is 2.25. The fourth-order valence-corrected chi connectivity index (χ4v) is 3.83. The van der Waals surface area contributed by atoms with E-state index in [2.05, 4.69) is 0 Å². The van der Waals surface area contributed by atoms with Crippen LogP contribution in [-0.4, -0.2) is 46.1 Å². The van der Waals surface area contributed by atoms with Gasteiger partial charge in [-0.2, -0.15) is 0 Å². The number of ether oxygens (including phenoxy) is 5. The molecule has 1 heterocycles. The molecule has 3 aromatic rings. The van der Waals surface area contributed by atoms with Gasteiger partial charge in [-0.1, -0.05) is 0 Å². The molecule has 0 saturated carbocycles. The first kappa shape index (κ1) is 23.2. The molecule has 176 valence electrons. The van der Waals surface area contributed by atoms with Crippen molar-refractivity contribution < 1.29 is 33.3 Å². The molecule has 0 radical (unpaired) electrons. The van der Waals surface area contributed by atoms with E-state index in [0.29, 0.717) is 71.5 Å². The average molecular weight is 462 g/mol. The molecule has 7 nitrogen and oxygen atoms in total. The summed E-state index contributed by atoms with van der Waals surface area (Å²) in [7, 11) is 4.74. The van der Waals surface area contributed by atoms with Crippen molar-refractivity contribution in [2.45, 2.75) is 12.8 Å². The minimum Gasteiger partial charge on any atom is -0.497 e.